The average Bonchev–Trinajstić information content (AvgIpc) is 2.45. The monoisotopic (exact) mass is 339 g/mol. The largest absolute Gasteiger partial charge is 0.493 e. The van der Waals surface area contributed by atoms with Crippen LogP contribution in [0, 0.1) is 5.92 Å². The van der Waals surface area contributed by atoms with E-state index in [1.807, 2.05) is 12.1 Å². The Labute approximate surface area is 129 Å². The first kappa shape index (κ1) is 15.5. The molecule has 1 aliphatic heterocycles. The van der Waals surface area contributed by atoms with Crippen molar-refractivity contribution in [3.05, 3.63) is 28.2 Å². The standard InChI is InChI=1S/C16H22BrNO2/c1-13-4-2-7-18(11-13)8-3-9-20-16-6-5-15(17)10-14(16)12-19/h5-6,10,12-13H,2-4,7-9,11H2,1H3. The molecule has 0 spiro atoms. The third kappa shape index (κ3) is 4.60. The van der Waals surface area contributed by atoms with Gasteiger partial charge in [0.05, 0.1) is 12.2 Å². The highest BCUT2D eigenvalue weighted by atomic mass is 79.9. The topological polar surface area (TPSA) is 29.5 Å². The van der Waals surface area contributed by atoms with E-state index in [4.69, 9.17) is 4.74 Å². The van der Waals surface area contributed by atoms with Crippen molar-refractivity contribution < 1.29 is 9.53 Å². The van der Waals surface area contributed by atoms with Crippen molar-refractivity contribution in [3.63, 3.8) is 0 Å². The van der Waals surface area contributed by atoms with Crippen molar-refractivity contribution in [2.45, 2.75) is 26.2 Å². The Hall–Kier alpha value is -0.870. The van der Waals surface area contributed by atoms with E-state index in [1.54, 1.807) is 6.07 Å². The van der Waals surface area contributed by atoms with Gasteiger partial charge in [-0.15, -0.1) is 0 Å². The normalized spacial score (nSPS) is 19.8. The molecule has 0 amide bonds. The number of hydrogen-bond acceptors (Lipinski definition) is 3. The highest BCUT2D eigenvalue weighted by molar-refractivity contribution is 9.10. The predicted molar refractivity (Wildman–Crippen MR) is 84.5 cm³/mol. The van der Waals surface area contributed by atoms with Gasteiger partial charge in [0.1, 0.15) is 5.75 Å². The first-order valence-corrected chi connectivity index (χ1v) is 8.08. The van der Waals surface area contributed by atoms with Crippen LogP contribution in [0.1, 0.15) is 36.5 Å². The van der Waals surface area contributed by atoms with E-state index >= 15 is 0 Å². The van der Waals surface area contributed by atoms with Gasteiger partial charge in [-0.3, -0.25) is 4.79 Å². The van der Waals surface area contributed by atoms with Crippen LogP contribution in [0.4, 0.5) is 0 Å². The number of ether oxygens (including phenoxy) is 1. The zero-order chi connectivity index (χ0) is 14.4. The molecule has 0 bridgehead atoms. The summed E-state index contributed by atoms with van der Waals surface area (Å²) in [5.41, 5.74) is 0.603. The summed E-state index contributed by atoms with van der Waals surface area (Å²) in [6.07, 6.45) is 4.51. The number of carbonyl (C=O) groups is 1. The second-order valence-corrected chi connectivity index (χ2v) is 6.47. The zero-order valence-electron chi connectivity index (χ0n) is 12.0. The van der Waals surface area contributed by atoms with Crippen LogP contribution in [0.15, 0.2) is 22.7 Å². The van der Waals surface area contributed by atoms with Gasteiger partial charge in [-0.05, 0) is 49.9 Å². The van der Waals surface area contributed by atoms with Gasteiger partial charge >= 0.3 is 0 Å². The van der Waals surface area contributed by atoms with Crippen molar-refractivity contribution in [3.8, 4) is 5.75 Å². The number of piperidine rings is 1. The number of carbonyl (C=O) groups excluding carboxylic acids is 1. The average molecular weight is 340 g/mol. The van der Waals surface area contributed by atoms with Crippen LogP contribution in [-0.4, -0.2) is 37.4 Å². The summed E-state index contributed by atoms with van der Waals surface area (Å²) in [6, 6.07) is 5.53. The van der Waals surface area contributed by atoms with E-state index in [2.05, 4.69) is 27.8 Å². The number of likely N-dealkylation sites (tertiary alicyclic amines) is 1. The SMILES string of the molecule is CC1CCCN(CCCOc2ccc(Br)cc2C=O)C1. The fraction of sp³-hybridized carbons (Fsp3) is 0.562. The van der Waals surface area contributed by atoms with Crippen molar-refractivity contribution in [2.75, 3.05) is 26.2 Å². The Morgan fingerprint density at radius 2 is 2.35 bits per heavy atom. The minimum atomic E-state index is 0.603. The third-order valence-electron chi connectivity index (χ3n) is 3.72. The van der Waals surface area contributed by atoms with Crippen LogP contribution in [-0.2, 0) is 0 Å². The summed E-state index contributed by atoms with van der Waals surface area (Å²) >= 11 is 3.36. The van der Waals surface area contributed by atoms with Gasteiger partial charge in [-0.1, -0.05) is 22.9 Å². The van der Waals surface area contributed by atoms with E-state index in [0.29, 0.717) is 17.9 Å². The molecule has 1 aromatic rings. The van der Waals surface area contributed by atoms with Crippen LogP contribution in [0.25, 0.3) is 0 Å². The highest BCUT2D eigenvalue weighted by Gasteiger charge is 2.15. The fourth-order valence-corrected chi connectivity index (χ4v) is 3.08. The maximum Gasteiger partial charge on any atom is 0.153 e. The molecule has 20 heavy (non-hydrogen) atoms. The lowest BCUT2D eigenvalue weighted by Gasteiger charge is -2.30. The predicted octanol–water partition coefficient (Wildman–Crippen LogP) is 3.76. The Morgan fingerprint density at radius 1 is 1.50 bits per heavy atom. The minimum Gasteiger partial charge on any atom is -0.493 e. The van der Waals surface area contributed by atoms with Crippen LogP contribution < -0.4 is 4.74 Å². The number of benzene rings is 1. The van der Waals surface area contributed by atoms with Crippen molar-refractivity contribution in [1.29, 1.82) is 0 Å². The highest BCUT2D eigenvalue weighted by Crippen LogP contribution is 2.22. The summed E-state index contributed by atoms with van der Waals surface area (Å²) in [5.74, 6) is 1.49. The number of hydrogen-bond donors (Lipinski definition) is 0. The molecule has 0 aromatic heterocycles. The smallest absolute Gasteiger partial charge is 0.153 e. The summed E-state index contributed by atoms with van der Waals surface area (Å²) < 4.78 is 6.62. The van der Waals surface area contributed by atoms with Crippen molar-refractivity contribution in [1.82, 2.24) is 4.90 Å². The lowest BCUT2D eigenvalue weighted by molar-refractivity contribution is 0.111. The number of rotatable bonds is 6. The van der Waals surface area contributed by atoms with E-state index in [0.717, 1.165) is 29.6 Å². The Kier molecular flexibility index (Phi) is 6.05. The number of nitrogens with zero attached hydrogens (tertiary/aromatic N) is 1. The van der Waals surface area contributed by atoms with Crippen LogP contribution in [0.2, 0.25) is 0 Å². The third-order valence-corrected chi connectivity index (χ3v) is 4.21. The molecule has 0 radical (unpaired) electrons. The molecule has 3 nitrogen and oxygen atoms in total. The number of halogens is 1. The van der Waals surface area contributed by atoms with E-state index in [9.17, 15) is 4.79 Å². The van der Waals surface area contributed by atoms with Gasteiger partial charge in [-0.2, -0.15) is 0 Å². The van der Waals surface area contributed by atoms with Gasteiger partial charge in [0.2, 0.25) is 0 Å². The molecule has 110 valence electrons. The molecule has 2 rings (SSSR count). The molecule has 1 aliphatic rings. The Morgan fingerprint density at radius 3 is 3.10 bits per heavy atom. The maximum absolute atomic E-state index is 11.0. The molecule has 1 aromatic carbocycles. The molecule has 1 heterocycles. The molecular formula is C16H22BrNO2. The van der Waals surface area contributed by atoms with E-state index in [1.165, 1.54) is 25.9 Å². The molecule has 1 saturated heterocycles. The molecule has 0 saturated carbocycles. The van der Waals surface area contributed by atoms with Crippen molar-refractivity contribution >= 4 is 22.2 Å². The minimum absolute atomic E-state index is 0.603. The quantitative estimate of drug-likeness (QED) is 0.583. The van der Waals surface area contributed by atoms with Gasteiger partial charge in [0.25, 0.3) is 0 Å². The molecule has 0 aliphatic carbocycles. The van der Waals surface area contributed by atoms with Gasteiger partial charge in [-0.25, -0.2) is 0 Å². The molecule has 1 atom stereocenters. The Balaban J connectivity index is 1.74. The second kappa shape index (κ2) is 7.79. The van der Waals surface area contributed by atoms with E-state index in [-0.39, 0.29) is 0 Å². The van der Waals surface area contributed by atoms with Crippen LogP contribution in [0.3, 0.4) is 0 Å². The fourth-order valence-electron chi connectivity index (χ4n) is 2.70. The summed E-state index contributed by atoms with van der Waals surface area (Å²) in [4.78, 5) is 13.5. The molecule has 1 fully saturated rings. The summed E-state index contributed by atoms with van der Waals surface area (Å²) in [6.45, 7) is 6.48. The Bertz CT molecular complexity index is 450. The molecule has 0 N–H and O–H groups in total. The number of aldehydes is 1. The van der Waals surface area contributed by atoms with E-state index < -0.39 is 0 Å². The maximum atomic E-state index is 11.0. The first-order valence-electron chi connectivity index (χ1n) is 7.29. The lowest BCUT2D eigenvalue weighted by Crippen LogP contribution is -2.35. The first-order chi connectivity index (χ1) is 9.69. The van der Waals surface area contributed by atoms with Crippen LogP contribution in [0.5, 0.6) is 5.75 Å². The lowest BCUT2D eigenvalue weighted by atomic mass is 10.0. The van der Waals surface area contributed by atoms with Gasteiger partial charge < -0.3 is 9.64 Å². The second-order valence-electron chi connectivity index (χ2n) is 5.55. The molecular weight excluding hydrogens is 318 g/mol. The molecule has 1 unspecified atom stereocenters. The zero-order valence-corrected chi connectivity index (χ0v) is 13.6. The molecule has 4 heteroatoms. The van der Waals surface area contributed by atoms with Crippen LogP contribution >= 0.6 is 15.9 Å². The summed E-state index contributed by atoms with van der Waals surface area (Å²) in [5, 5.41) is 0. The van der Waals surface area contributed by atoms with Gasteiger partial charge in [0, 0.05) is 17.6 Å². The van der Waals surface area contributed by atoms with Crippen molar-refractivity contribution in [2.24, 2.45) is 5.92 Å². The summed E-state index contributed by atoms with van der Waals surface area (Å²) in [7, 11) is 0. The van der Waals surface area contributed by atoms with Gasteiger partial charge in [0.15, 0.2) is 6.29 Å².